The zero-order chi connectivity index (χ0) is 17.7. The van der Waals surface area contributed by atoms with Crippen molar-refractivity contribution in [3.05, 3.63) is 18.4 Å². The Morgan fingerprint density at radius 3 is 2.58 bits per heavy atom. The van der Waals surface area contributed by atoms with Crippen LogP contribution in [0.5, 0.6) is 0 Å². The smallest absolute Gasteiger partial charge is 0.233 e. The molecule has 0 saturated carbocycles. The molecule has 0 radical (unpaired) electrons. The molecule has 0 aliphatic carbocycles. The molecule has 2 rings (SSSR count). The fourth-order valence-corrected chi connectivity index (χ4v) is 3.04. The topological polar surface area (TPSA) is 73.0 Å². The zero-order valence-electron chi connectivity index (χ0n) is 14.9. The van der Waals surface area contributed by atoms with E-state index in [1.54, 1.807) is 6.26 Å². The van der Waals surface area contributed by atoms with Crippen molar-refractivity contribution in [2.75, 3.05) is 6.54 Å². The first-order chi connectivity index (χ1) is 11.4. The normalized spacial score (nSPS) is 12.8. The Morgan fingerprint density at radius 2 is 2.00 bits per heavy atom. The molecule has 2 aromatic heterocycles. The highest BCUT2D eigenvalue weighted by molar-refractivity contribution is 8.00. The number of carbonyl (C=O) groups excluding carboxylic acids is 1. The first-order valence-electron chi connectivity index (χ1n) is 8.30. The van der Waals surface area contributed by atoms with E-state index in [-0.39, 0.29) is 11.2 Å². The second-order valence-corrected chi connectivity index (χ2v) is 7.99. The molecular weight excluding hydrogens is 324 g/mol. The molecule has 2 aromatic rings. The monoisotopic (exact) mass is 350 g/mol. The lowest BCUT2D eigenvalue weighted by Crippen LogP contribution is -2.33. The molecule has 2 heterocycles. The molecule has 7 heteroatoms. The van der Waals surface area contributed by atoms with Gasteiger partial charge in [-0.05, 0) is 30.9 Å². The summed E-state index contributed by atoms with van der Waals surface area (Å²) in [5.41, 5.74) is 0. The van der Waals surface area contributed by atoms with Gasteiger partial charge in [-0.25, -0.2) is 0 Å². The Morgan fingerprint density at radius 1 is 1.25 bits per heavy atom. The third-order valence-corrected chi connectivity index (χ3v) is 4.42. The van der Waals surface area contributed by atoms with Gasteiger partial charge in [0.05, 0.1) is 11.5 Å². The van der Waals surface area contributed by atoms with Gasteiger partial charge in [-0.1, -0.05) is 39.5 Å². The molecule has 1 N–H and O–H groups in total. The summed E-state index contributed by atoms with van der Waals surface area (Å²) in [6, 6.07) is 3.70. The van der Waals surface area contributed by atoms with Crippen molar-refractivity contribution >= 4 is 17.7 Å². The van der Waals surface area contributed by atoms with Crippen molar-refractivity contribution in [3.8, 4) is 11.6 Å². The van der Waals surface area contributed by atoms with Gasteiger partial charge in [-0.3, -0.25) is 9.36 Å². The molecule has 24 heavy (non-hydrogen) atoms. The van der Waals surface area contributed by atoms with Crippen molar-refractivity contribution in [1.82, 2.24) is 20.1 Å². The number of hydrogen-bond acceptors (Lipinski definition) is 5. The highest BCUT2D eigenvalue weighted by Gasteiger charge is 2.22. The summed E-state index contributed by atoms with van der Waals surface area (Å²) in [5, 5.41) is 12.0. The lowest BCUT2D eigenvalue weighted by atomic mass is 10.2. The number of amides is 1. The van der Waals surface area contributed by atoms with Crippen LogP contribution in [0.1, 0.15) is 34.6 Å². The number of hydrogen-bond donors (Lipinski definition) is 1. The van der Waals surface area contributed by atoms with E-state index in [2.05, 4.69) is 43.2 Å². The molecule has 0 bridgehead atoms. The predicted octanol–water partition coefficient (Wildman–Crippen LogP) is 3.45. The number of furan rings is 1. The Balaban J connectivity index is 2.16. The minimum absolute atomic E-state index is 0.0207. The van der Waals surface area contributed by atoms with Crippen LogP contribution in [0.4, 0.5) is 0 Å². The molecule has 6 nitrogen and oxygen atoms in total. The Kier molecular flexibility index (Phi) is 6.48. The van der Waals surface area contributed by atoms with Crippen molar-refractivity contribution < 1.29 is 9.21 Å². The molecule has 0 aliphatic heterocycles. The zero-order valence-corrected chi connectivity index (χ0v) is 15.8. The minimum Gasteiger partial charge on any atom is -0.461 e. The van der Waals surface area contributed by atoms with Crippen molar-refractivity contribution in [2.45, 2.75) is 51.6 Å². The van der Waals surface area contributed by atoms with Gasteiger partial charge in [0.1, 0.15) is 0 Å². The summed E-state index contributed by atoms with van der Waals surface area (Å²) in [4.78, 5) is 12.2. The lowest BCUT2D eigenvalue weighted by Gasteiger charge is -2.15. The fraction of sp³-hybridized carbons (Fsp3) is 0.588. The van der Waals surface area contributed by atoms with Crippen LogP contribution in [0.3, 0.4) is 0 Å². The average Bonchev–Trinajstić information content (AvgIpc) is 3.14. The molecule has 0 fully saturated rings. The van der Waals surface area contributed by atoms with E-state index in [0.717, 1.165) is 11.7 Å². The predicted molar refractivity (Wildman–Crippen MR) is 95.7 cm³/mol. The average molecular weight is 350 g/mol. The van der Waals surface area contributed by atoms with E-state index in [1.807, 2.05) is 23.6 Å². The van der Waals surface area contributed by atoms with Gasteiger partial charge in [-0.2, -0.15) is 0 Å². The van der Waals surface area contributed by atoms with Gasteiger partial charge in [0, 0.05) is 13.1 Å². The number of aromatic nitrogens is 3. The SMILES string of the molecule is CC(C)CNC(=O)C(C)Sc1nnc(-c2ccco2)n1CC(C)C. The number of rotatable bonds is 8. The molecule has 1 atom stereocenters. The molecule has 0 spiro atoms. The van der Waals surface area contributed by atoms with Crippen LogP contribution in [-0.2, 0) is 11.3 Å². The molecule has 0 saturated heterocycles. The van der Waals surface area contributed by atoms with Crippen LogP contribution in [-0.4, -0.2) is 32.5 Å². The maximum absolute atomic E-state index is 12.2. The Bertz CT molecular complexity index is 650. The van der Waals surface area contributed by atoms with Crippen LogP contribution in [0, 0.1) is 11.8 Å². The maximum Gasteiger partial charge on any atom is 0.233 e. The van der Waals surface area contributed by atoms with Gasteiger partial charge < -0.3 is 9.73 Å². The van der Waals surface area contributed by atoms with Crippen molar-refractivity contribution in [3.63, 3.8) is 0 Å². The van der Waals surface area contributed by atoms with Gasteiger partial charge >= 0.3 is 0 Å². The van der Waals surface area contributed by atoms with Crippen LogP contribution < -0.4 is 5.32 Å². The highest BCUT2D eigenvalue weighted by Crippen LogP contribution is 2.28. The van der Waals surface area contributed by atoms with Crippen LogP contribution >= 0.6 is 11.8 Å². The third kappa shape index (κ3) is 4.87. The molecule has 132 valence electrons. The number of nitrogens with zero attached hydrogens (tertiary/aromatic N) is 3. The lowest BCUT2D eigenvalue weighted by molar-refractivity contribution is -0.120. The van der Waals surface area contributed by atoms with Gasteiger partial charge in [0.25, 0.3) is 0 Å². The number of thioether (sulfide) groups is 1. The fourth-order valence-electron chi connectivity index (χ4n) is 2.15. The number of carbonyl (C=O) groups is 1. The Hall–Kier alpha value is -1.76. The maximum atomic E-state index is 12.2. The molecule has 0 aliphatic rings. The van der Waals surface area contributed by atoms with Crippen LogP contribution in [0.2, 0.25) is 0 Å². The molecule has 1 amide bonds. The summed E-state index contributed by atoms with van der Waals surface area (Å²) in [6.07, 6.45) is 1.62. The molecule has 1 unspecified atom stereocenters. The van der Waals surface area contributed by atoms with E-state index in [4.69, 9.17) is 4.42 Å². The minimum atomic E-state index is -0.233. The van der Waals surface area contributed by atoms with E-state index in [1.165, 1.54) is 11.8 Å². The van der Waals surface area contributed by atoms with Gasteiger partial charge in [-0.15, -0.1) is 10.2 Å². The summed E-state index contributed by atoms with van der Waals surface area (Å²) in [7, 11) is 0. The first-order valence-corrected chi connectivity index (χ1v) is 9.17. The quantitative estimate of drug-likeness (QED) is 0.738. The largest absolute Gasteiger partial charge is 0.461 e. The second kappa shape index (κ2) is 8.37. The van der Waals surface area contributed by atoms with Gasteiger partial charge in [0.15, 0.2) is 16.7 Å². The van der Waals surface area contributed by atoms with E-state index in [0.29, 0.717) is 30.0 Å². The number of nitrogens with one attached hydrogen (secondary N) is 1. The third-order valence-electron chi connectivity index (χ3n) is 3.34. The van der Waals surface area contributed by atoms with Crippen LogP contribution in [0.15, 0.2) is 28.0 Å². The summed E-state index contributed by atoms with van der Waals surface area (Å²) < 4.78 is 7.49. The highest BCUT2D eigenvalue weighted by atomic mass is 32.2. The van der Waals surface area contributed by atoms with Gasteiger partial charge in [0.2, 0.25) is 5.91 Å². The van der Waals surface area contributed by atoms with E-state index in [9.17, 15) is 4.79 Å². The summed E-state index contributed by atoms with van der Waals surface area (Å²) in [5.74, 6) is 2.27. The second-order valence-electron chi connectivity index (χ2n) is 6.69. The van der Waals surface area contributed by atoms with Crippen molar-refractivity contribution in [1.29, 1.82) is 0 Å². The standard InChI is InChI=1S/C17H26N4O2S/c1-11(2)9-18-16(22)13(5)24-17-20-19-15(14-7-6-8-23-14)21(17)10-12(3)4/h6-8,11-13H,9-10H2,1-5H3,(H,18,22). The summed E-state index contributed by atoms with van der Waals surface area (Å²) in [6.45, 7) is 11.8. The summed E-state index contributed by atoms with van der Waals surface area (Å²) >= 11 is 1.43. The van der Waals surface area contributed by atoms with E-state index < -0.39 is 0 Å². The van der Waals surface area contributed by atoms with Crippen molar-refractivity contribution in [2.24, 2.45) is 11.8 Å². The molecular formula is C17H26N4O2S. The van der Waals surface area contributed by atoms with E-state index >= 15 is 0 Å². The Labute approximate surface area is 147 Å². The molecule has 0 aromatic carbocycles. The first kappa shape index (κ1) is 18.6. The van der Waals surface area contributed by atoms with Crippen LogP contribution in [0.25, 0.3) is 11.6 Å².